The molecule has 0 aromatic heterocycles. The van der Waals surface area contributed by atoms with E-state index in [0.29, 0.717) is 23.7 Å². The Morgan fingerprint density at radius 1 is 1.00 bits per heavy atom. The summed E-state index contributed by atoms with van der Waals surface area (Å²) in [5.41, 5.74) is 0.629. The molecule has 37 heavy (non-hydrogen) atoms. The zero-order valence-corrected chi connectivity index (χ0v) is 21.9. The van der Waals surface area contributed by atoms with E-state index in [2.05, 4.69) is 5.32 Å². The molecule has 11 heteroatoms. The van der Waals surface area contributed by atoms with Gasteiger partial charge in [-0.05, 0) is 37.1 Å². The molecule has 0 bridgehead atoms. The molecule has 198 valence electrons. The molecule has 1 aliphatic carbocycles. The topological polar surface area (TPSA) is 89.8 Å². The molecule has 1 saturated carbocycles. The molecule has 3 fully saturated rings. The van der Waals surface area contributed by atoms with Crippen molar-refractivity contribution in [3.63, 3.8) is 0 Å². The Hall–Kier alpha value is -2.53. The van der Waals surface area contributed by atoms with Crippen molar-refractivity contribution in [2.24, 2.45) is 5.92 Å². The molecular formula is C26H30ClFN4O4S. The van der Waals surface area contributed by atoms with E-state index in [1.165, 1.54) is 31.7 Å². The van der Waals surface area contributed by atoms with Crippen molar-refractivity contribution in [1.82, 2.24) is 13.9 Å². The molecule has 2 amide bonds. The highest BCUT2D eigenvalue weighted by Crippen LogP contribution is 2.36. The number of nitrogens with zero attached hydrogens (tertiary/aromatic N) is 3. The third kappa shape index (κ3) is 5.52. The van der Waals surface area contributed by atoms with E-state index in [1.807, 2.05) is 0 Å². The van der Waals surface area contributed by atoms with Gasteiger partial charge in [-0.1, -0.05) is 55.1 Å². The van der Waals surface area contributed by atoms with Gasteiger partial charge in [0.15, 0.2) is 0 Å². The predicted molar refractivity (Wildman–Crippen MR) is 139 cm³/mol. The second kappa shape index (κ2) is 10.7. The Morgan fingerprint density at radius 3 is 2.35 bits per heavy atom. The average molecular weight is 549 g/mol. The second-order valence-electron chi connectivity index (χ2n) is 9.88. The third-order valence-electron chi connectivity index (χ3n) is 7.24. The Kier molecular flexibility index (Phi) is 7.53. The van der Waals surface area contributed by atoms with Crippen LogP contribution in [0, 0.1) is 11.7 Å². The molecular weight excluding hydrogens is 519 g/mol. The van der Waals surface area contributed by atoms with Crippen LogP contribution in [0.2, 0.25) is 5.02 Å². The lowest BCUT2D eigenvalue weighted by molar-refractivity contribution is -0.130. The van der Waals surface area contributed by atoms with Gasteiger partial charge in [0.05, 0.1) is 5.92 Å². The zero-order valence-electron chi connectivity index (χ0n) is 20.4. The second-order valence-corrected chi connectivity index (χ2v) is 12.2. The van der Waals surface area contributed by atoms with Gasteiger partial charge in [-0.25, -0.2) is 4.39 Å². The largest absolute Gasteiger partial charge is 0.351 e. The molecule has 2 aliphatic heterocycles. The monoisotopic (exact) mass is 548 g/mol. The van der Waals surface area contributed by atoms with Gasteiger partial charge < -0.3 is 5.32 Å². The first-order chi connectivity index (χ1) is 17.8. The van der Waals surface area contributed by atoms with Gasteiger partial charge in [0.1, 0.15) is 11.9 Å². The molecule has 0 spiro atoms. The quantitative estimate of drug-likeness (QED) is 0.511. The first-order valence-corrected chi connectivity index (χ1v) is 14.4. The number of halogens is 2. The van der Waals surface area contributed by atoms with Gasteiger partial charge in [0.25, 0.3) is 10.2 Å². The van der Waals surface area contributed by atoms with E-state index in [0.717, 1.165) is 32.1 Å². The average Bonchev–Trinajstić information content (AvgIpc) is 3.69. The van der Waals surface area contributed by atoms with Gasteiger partial charge in [-0.2, -0.15) is 17.0 Å². The fourth-order valence-corrected chi connectivity index (χ4v) is 6.91. The van der Waals surface area contributed by atoms with Crippen LogP contribution in [0.3, 0.4) is 0 Å². The van der Waals surface area contributed by atoms with Crippen molar-refractivity contribution in [2.75, 3.05) is 31.1 Å². The van der Waals surface area contributed by atoms with Crippen molar-refractivity contribution in [3.8, 4) is 0 Å². The first-order valence-electron chi connectivity index (χ1n) is 12.6. The summed E-state index contributed by atoms with van der Waals surface area (Å²) in [6.07, 6.45) is 4.84. The van der Waals surface area contributed by atoms with Crippen molar-refractivity contribution in [1.29, 1.82) is 0 Å². The van der Waals surface area contributed by atoms with Crippen LogP contribution >= 0.6 is 11.6 Å². The fraction of sp³-hybridized carbons (Fsp3) is 0.462. The number of hydrogen-bond acceptors (Lipinski definition) is 4. The number of hydrogen-bond donors (Lipinski definition) is 1. The lowest BCUT2D eigenvalue weighted by Gasteiger charge is -2.41. The summed E-state index contributed by atoms with van der Waals surface area (Å²) in [6, 6.07) is 11.1. The van der Waals surface area contributed by atoms with Gasteiger partial charge in [0.2, 0.25) is 11.8 Å². The lowest BCUT2D eigenvalue weighted by atomic mass is 9.93. The molecule has 1 atom stereocenters. The standard InChI is InChI=1S/C26H30ClFN4O4S/c27-23-12-5-4-11-22(23)24(25(33)29-20-8-2-1-3-9-20)32(21-10-6-7-19(28)15-21)26(34)18-16-31(17-18)37(35,36)30-13-14-30/h4-7,10-12,15,18,20,24H,1-3,8-9,13-14,16-17H2,(H,29,33)/t24-/m0/s1. The lowest BCUT2D eigenvalue weighted by Crippen LogP contribution is -2.59. The zero-order chi connectivity index (χ0) is 26.2. The van der Waals surface area contributed by atoms with Crippen LogP contribution in [0.15, 0.2) is 48.5 Å². The first kappa shape index (κ1) is 26.1. The summed E-state index contributed by atoms with van der Waals surface area (Å²) in [7, 11) is -3.57. The fourth-order valence-electron chi connectivity index (χ4n) is 5.07. The van der Waals surface area contributed by atoms with Crippen LogP contribution in [0.25, 0.3) is 0 Å². The third-order valence-corrected chi connectivity index (χ3v) is 9.55. The van der Waals surface area contributed by atoms with E-state index in [-0.39, 0.29) is 24.8 Å². The van der Waals surface area contributed by atoms with Crippen molar-refractivity contribution < 1.29 is 22.4 Å². The van der Waals surface area contributed by atoms with E-state index >= 15 is 0 Å². The van der Waals surface area contributed by atoms with Crippen molar-refractivity contribution in [2.45, 2.75) is 44.2 Å². The van der Waals surface area contributed by atoms with Gasteiger partial charge in [-0.3, -0.25) is 14.5 Å². The maximum atomic E-state index is 14.4. The Balaban J connectivity index is 1.49. The van der Waals surface area contributed by atoms with E-state index < -0.39 is 39.8 Å². The molecule has 2 aromatic rings. The summed E-state index contributed by atoms with van der Waals surface area (Å²) in [6.45, 7) is 0.956. The molecule has 0 unspecified atom stereocenters. The molecule has 2 heterocycles. The number of anilines is 1. The predicted octanol–water partition coefficient (Wildman–Crippen LogP) is 3.49. The van der Waals surface area contributed by atoms with Gasteiger partial charge >= 0.3 is 0 Å². The van der Waals surface area contributed by atoms with Crippen LogP contribution in [0.4, 0.5) is 10.1 Å². The maximum absolute atomic E-state index is 14.4. The van der Waals surface area contributed by atoms with E-state index in [1.54, 1.807) is 30.3 Å². The minimum absolute atomic E-state index is 0.00294. The van der Waals surface area contributed by atoms with Crippen molar-refractivity contribution in [3.05, 3.63) is 64.9 Å². The molecule has 2 saturated heterocycles. The minimum atomic E-state index is -3.57. The number of amides is 2. The minimum Gasteiger partial charge on any atom is -0.351 e. The number of nitrogens with one attached hydrogen (secondary N) is 1. The maximum Gasteiger partial charge on any atom is 0.282 e. The van der Waals surface area contributed by atoms with Crippen molar-refractivity contribution >= 4 is 39.3 Å². The number of benzene rings is 2. The molecule has 2 aromatic carbocycles. The molecule has 0 radical (unpaired) electrons. The van der Waals surface area contributed by atoms with Gasteiger partial charge in [0, 0.05) is 48.5 Å². The van der Waals surface area contributed by atoms with E-state index in [9.17, 15) is 22.4 Å². The molecule has 1 N–H and O–H groups in total. The highest BCUT2D eigenvalue weighted by molar-refractivity contribution is 7.87. The van der Waals surface area contributed by atoms with Crippen LogP contribution in [0.1, 0.15) is 43.7 Å². The molecule has 5 rings (SSSR count). The Bertz CT molecular complexity index is 1280. The van der Waals surface area contributed by atoms with Crippen LogP contribution in [-0.2, 0) is 19.8 Å². The van der Waals surface area contributed by atoms with Crippen LogP contribution in [0.5, 0.6) is 0 Å². The van der Waals surface area contributed by atoms with E-state index in [4.69, 9.17) is 11.6 Å². The number of carbonyl (C=O) groups is 2. The normalized spacial score (nSPS) is 20.2. The molecule has 3 aliphatic rings. The number of rotatable bonds is 8. The summed E-state index contributed by atoms with van der Waals surface area (Å²) >= 11 is 6.54. The summed E-state index contributed by atoms with van der Waals surface area (Å²) in [5, 5.41) is 3.40. The number of carbonyl (C=O) groups excluding carboxylic acids is 2. The van der Waals surface area contributed by atoms with Crippen LogP contribution < -0.4 is 10.2 Å². The highest BCUT2D eigenvalue weighted by Gasteiger charge is 2.48. The summed E-state index contributed by atoms with van der Waals surface area (Å²) < 4.78 is 42.1. The Labute approximate surface area is 221 Å². The Morgan fingerprint density at radius 2 is 1.70 bits per heavy atom. The van der Waals surface area contributed by atoms with Gasteiger partial charge in [-0.15, -0.1) is 0 Å². The van der Waals surface area contributed by atoms with Crippen LogP contribution in [-0.4, -0.2) is 61.1 Å². The molecule has 8 nitrogen and oxygen atoms in total. The summed E-state index contributed by atoms with van der Waals surface area (Å²) in [4.78, 5) is 29.1. The smallest absolute Gasteiger partial charge is 0.282 e. The highest BCUT2D eigenvalue weighted by atomic mass is 35.5. The SMILES string of the molecule is O=C(NC1CCCCC1)[C@H](c1ccccc1Cl)N(C(=O)C1CN(S(=O)(=O)N2CC2)C1)c1cccc(F)c1. The summed E-state index contributed by atoms with van der Waals surface area (Å²) in [5.74, 6) is -2.08.